The Kier molecular flexibility index (Phi) is 3.17. The highest BCUT2D eigenvalue weighted by Crippen LogP contribution is 2.22. The van der Waals surface area contributed by atoms with Gasteiger partial charge in [-0.3, -0.25) is 0 Å². The van der Waals surface area contributed by atoms with Gasteiger partial charge in [0.05, 0.1) is 11.6 Å². The molecule has 0 atom stereocenters. The molecule has 0 aliphatic heterocycles. The summed E-state index contributed by atoms with van der Waals surface area (Å²) in [5.74, 6) is 0. The van der Waals surface area contributed by atoms with Crippen LogP contribution in [0, 0.1) is 11.3 Å². The number of aliphatic hydroxyl groups excluding tert-OH is 2. The second-order valence-electron chi connectivity index (χ2n) is 2.70. The monoisotopic (exact) mass is 195 g/mol. The zero-order valence-electron chi connectivity index (χ0n) is 7.12. The lowest BCUT2D eigenvalue weighted by Crippen LogP contribution is -2.05. The Morgan fingerprint density at radius 3 is 2.00 bits per heavy atom. The molecule has 0 bridgehead atoms. The molecule has 0 fully saturated rings. The molecule has 0 aliphatic rings. The Bertz CT molecular complexity index is 368. The Morgan fingerprint density at radius 2 is 1.57 bits per heavy atom. The molecule has 0 aromatic heterocycles. The van der Waals surface area contributed by atoms with Crippen LogP contribution in [0.25, 0.3) is 0 Å². The van der Waals surface area contributed by atoms with E-state index in [-0.39, 0.29) is 16.7 Å². The largest absolute Gasteiger partial charge is 0.364 e. The summed E-state index contributed by atoms with van der Waals surface area (Å²) < 4.78 is 0. The Morgan fingerprint density at radius 1 is 1.00 bits per heavy atom. The van der Waals surface area contributed by atoms with E-state index in [4.69, 9.17) is 25.7 Å². The fraction of sp³-hybridized carbons (Fsp3) is 0.222. The van der Waals surface area contributed by atoms with Crippen LogP contribution in [-0.4, -0.2) is 20.4 Å². The third-order valence-electron chi connectivity index (χ3n) is 1.77. The fourth-order valence-corrected chi connectivity index (χ4v) is 1.10. The molecule has 1 rings (SSSR count). The van der Waals surface area contributed by atoms with Gasteiger partial charge in [-0.25, -0.2) is 0 Å². The van der Waals surface area contributed by atoms with Crippen molar-refractivity contribution in [1.29, 1.82) is 5.26 Å². The number of nitriles is 1. The quantitative estimate of drug-likeness (QED) is 0.477. The molecule has 0 radical (unpaired) electrons. The van der Waals surface area contributed by atoms with E-state index >= 15 is 0 Å². The molecule has 14 heavy (non-hydrogen) atoms. The average Bonchev–Trinajstić information content (AvgIpc) is 2.16. The summed E-state index contributed by atoms with van der Waals surface area (Å²) in [7, 11) is 0. The topological polar surface area (TPSA) is 105 Å². The van der Waals surface area contributed by atoms with Crippen LogP contribution in [0.1, 0.15) is 29.3 Å². The third-order valence-corrected chi connectivity index (χ3v) is 1.77. The van der Waals surface area contributed by atoms with Gasteiger partial charge in [-0.15, -0.1) is 0 Å². The van der Waals surface area contributed by atoms with Gasteiger partial charge in [-0.05, 0) is 12.1 Å². The summed E-state index contributed by atoms with van der Waals surface area (Å²) in [6, 6.07) is 5.62. The van der Waals surface area contributed by atoms with Crippen molar-refractivity contribution < 1.29 is 20.4 Å². The third kappa shape index (κ3) is 2.07. The Balaban J connectivity index is 3.26. The number of hydrogen-bond acceptors (Lipinski definition) is 5. The van der Waals surface area contributed by atoms with Crippen molar-refractivity contribution in [2.75, 3.05) is 0 Å². The van der Waals surface area contributed by atoms with Crippen molar-refractivity contribution in [3.63, 3.8) is 0 Å². The highest BCUT2D eigenvalue weighted by Gasteiger charge is 2.14. The molecule has 0 aliphatic carbocycles. The van der Waals surface area contributed by atoms with Crippen LogP contribution in [0.5, 0.6) is 0 Å². The predicted octanol–water partition coefficient (Wildman–Crippen LogP) is -0.475. The minimum Gasteiger partial charge on any atom is -0.364 e. The van der Waals surface area contributed by atoms with E-state index in [0.717, 1.165) is 0 Å². The first-order chi connectivity index (χ1) is 6.56. The van der Waals surface area contributed by atoms with E-state index in [1.807, 2.05) is 0 Å². The first-order valence-corrected chi connectivity index (χ1v) is 3.82. The van der Waals surface area contributed by atoms with Crippen LogP contribution in [0.15, 0.2) is 18.2 Å². The van der Waals surface area contributed by atoms with E-state index in [2.05, 4.69) is 0 Å². The van der Waals surface area contributed by atoms with Crippen LogP contribution in [0.3, 0.4) is 0 Å². The lowest BCUT2D eigenvalue weighted by Gasteiger charge is -2.12. The first-order valence-electron chi connectivity index (χ1n) is 3.82. The molecule has 0 saturated heterocycles. The lowest BCUT2D eigenvalue weighted by molar-refractivity contribution is -0.0634. The van der Waals surface area contributed by atoms with Gasteiger partial charge < -0.3 is 20.4 Å². The van der Waals surface area contributed by atoms with Gasteiger partial charge in [0, 0.05) is 11.1 Å². The smallest absolute Gasteiger partial charge is 0.178 e. The van der Waals surface area contributed by atoms with Gasteiger partial charge >= 0.3 is 0 Å². The van der Waals surface area contributed by atoms with Gasteiger partial charge in [0.1, 0.15) is 0 Å². The lowest BCUT2D eigenvalue weighted by atomic mass is 10.0. The SMILES string of the molecule is N#Cc1ccc(C(O)O)c(C(O)O)c1. The minimum atomic E-state index is -1.83. The normalized spacial score (nSPS) is 10.6. The number of rotatable bonds is 2. The average molecular weight is 195 g/mol. The van der Waals surface area contributed by atoms with Crippen molar-refractivity contribution in [1.82, 2.24) is 0 Å². The van der Waals surface area contributed by atoms with E-state index in [1.54, 1.807) is 6.07 Å². The minimum absolute atomic E-state index is 0.0287. The molecule has 0 saturated carbocycles. The summed E-state index contributed by atoms with van der Waals surface area (Å²) in [4.78, 5) is 0. The van der Waals surface area contributed by atoms with Crippen molar-refractivity contribution in [2.24, 2.45) is 0 Å². The van der Waals surface area contributed by atoms with Crippen LogP contribution in [-0.2, 0) is 0 Å². The summed E-state index contributed by atoms with van der Waals surface area (Å²) in [5, 5.41) is 44.1. The molecule has 5 nitrogen and oxygen atoms in total. The van der Waals surface area contributed by atoms with E-state index in [0.29, 0.717) is 0 Å². The van der Waals surface area contributed by atoms with Gasteiger partial charge in [-0.1, -0.05) is 6.07 Å². The second-order valence-corrected chi connectivity index (χ2v) is 2.70. The number of aliphatic hydroxyl groups is 4. The van der Waals surface area contributed by atoms with Crippen molar-refractivity contribution in [3.05, 3.63) is 34.9 Å². The highest BCUT2D eigenvalue weighted by molar-refractivity contribution is 5.39. The maximum atomic E-state index is 8.90. The molecule has 0 amide bonds. The van der Waals surface area contributed by atoms with Crippen molar-refractivity contribution >= 4 is 0 Å². The van der Waals surface area contributed by atoms with Gasteiger partial charge in [0.2, 0.25) is 0 Å². The Hall–Kier alpha value is -1.45. The Labute approximate surface area is 80.1 Å². The summed E-state index contributed by atoms with van der Waals surface area (Å²) in [6.07, 6.45) is -3.63. The predicted molar refractivity (Wildman–Crippen MR) is 45.5 cm³/mol. The molecule has 0 heterocycles. The number of hydrogen-bond donors (Lipinski definition) is 4. The molecular formula is C9H9NO4. The summed E-state index contributed by atoms with van der Waals surface area (Å²) >= 11 is 0. The van der Waals surface area contributed by atoms with Gasteiger partial charge in [-0.2, -0.15) is 5.26 Å². The summed E-state index contributed by atoms with van der Waals surface area (Å²) in [5.41, 5.74) is 0.107. The zero-order chi connectivity index (χ0) is 10.7. The molecule has 1 aromatic rings. The van der Waals surface area contributed by atoms with E-state index in [9.17, 15) is 0 Å². The summed E-state index contributed by atoms with van der Waals surface area (Å²) in [6.45, 7) is 0. The molecule has 4 N–H and O–H groups in total. The molecule has 1 aromatic carbocycles. The van der Waals surface area contributed by atoms with Crippen LogP contribution < -0.4 is 0 Å². The first kappa shape index (κ1) is 10.6. The van der Waals surface area contributed by atoms with Crippen LogP contribution in [0.2, 0.25) is 0 Å². The van der Waals surface area contributed by atoms with Crippen molar-refractivity contribution in [3.8, 4) is 6.07 Å². The van der Waals surface area contributed by atoms with Gasteiger partial charge in [0.15, 0.2) is 12.6 Å². The molecule has 0 spiro atoms. The number of nitrogens with zero attached hydrogens (tertiary/aromatic N) is 1. The van der Waals surface area contributed by atoms with Crippen LogP contribution >= 0.6 is 0 Å². The number of benzene rings is 1. The molecule has 0 unspecified atom stereocenters. The second kappa shape index (κ2) is 4.17. The maximum Gasteiger partial charge on any atom is 0.178 e. The zero-order valence-corrected chi connectivity index (χ0v) is 7.12. The van der Waals surface area contributed by atoms with Crippen molar-refractivity contribution in [2.45, 2.75) is 12.6 Å². The molecule has 5 heteroatoms. The van der Waals surface area contributed by atoms with E-state index in [1.165, 1.54) is 18.2 Å². The molecule has 74 valence electrons. The maximum absolute atomic E-state index is 8.90. The van der Waals surface area contributed by atoms with E-state index < -0.39 is 12.6 Å². The van der Waals surface area contributed by atoms with Crippen LogP contribution in [0.4, 0.5) is 0 Å². The highest BCUT2D eigenvalue weighted by atomic mass is 16.5. The molecular weight excluding hydrogens is 186 g/mol. The standard InChI is InChI=1S/C9H9NO4/c10-4-5-1-2-6(8(11)12)7(3-5)9(13)14/h1-3,8-9,11-14H. The van der Waals surface area contributed by atoms with Gasteiger partial charge in [0.25, 0.3) is 0 Å². The fourth-order valence-electron chi connectivity index (χ4n) is 1.10.